The molecule has 0 aliphatic heterocycles. The highest BCUT2D eigenvalue weighted by Crippen LogP contribution is 2.20. The SMILES string of the molecule is CCCCc1nc2ccccc2n1Cc1ccccc1C#N. The van der Waals surface area contributed by atoms with E-state index in [-0.39, 0.29) is 0 Å². The van der Waals surface area contributed by atoms with Gasteiger partial charge in [0.15, 0.2) is 0 Å². The monoisotopic (exact) mass is 289 g/mol. The number of imidazole rings is 1. The number of para-hydroxylation sites is 2. The van der Waals surface area contributed by atoms with Crippen LogP contribution in [-0.4, -0.2) is 9.55 Å². The van der Waals surface area contributed by atoms with E-state index in [0.717, 1.165) is 47.2 Å². The molecule has 0 fully saturated rings. The number of nitriles is 1. The van der Waals surface area contributed by atoms with Gasteiger partial charge in [-0.3, -0.25) is 0 Å². The lowest BCUT2D eigenvalue weighted by molar-refractivity contribution is 0.689. The first-order chi connectivity index (χ1) is 10.8. The molecule has 0 N–H and O–H groups in total. The molecule has 22 heavy (non-hydrogen) atoms. The lowest BCUT2D eigenvalue weighted by Crippen LogP contribution is -2.06. The lowest BCUT2D eigenvalue weighted by atomic mass is 10.1. The van der Waals surface area contributed by atoms with Crippen LogP contribution < -0.4 is 0 Å². The fraction of sp³-hybridized carbons (Fsp3) is 0.263. The summed E-state index contributed by atoms with van der Waals surface area (Å²) >= 11 is 0. The van der Waals surface area contributed by atoms with E-state index in [9.17, 15) is 5.26 Å². The van der Waals surface area contributed by atoms with Gasteiger partial charge in [0.2, 0.25) is 0 Å². The van der Waals surface area contributed by atoms with Crippen LogP contribution in [0.25, 0.3) is 11.0 Å². The van der Waals surface area contributed by atoms with Crippen LogP contribution in [0.15, 0.2) is 48.5 Å². The van der Waals surface area contributed by atoms with Crippen LogP contribution in [0.4, 0.5) is 0 Å². The Hall–Kier alpha value is -2.60. The zero-order valence-electron chi connectivity index (χ0n) is 12.8. The van der Waals surface area contributed by atoms with Crippen LogP contribution in [0.2, 0.25) is 0 Å². The molecule has 3 rings (SSSR count). The van der Waals surface area contributed by atoms with Crippen molar-refractivity contribution in [2.75, 3.05) is 0 Å². The van der Waals surface area contributed by atoms with Gasteiger partial charge in [-0.15, -0.1) is 0 Å². The van der Waals surface area contributed by atoms with E-state index in [4.69, 9.17) is 4.98 Å². The molecular formula is C19H19N3. The van der Waals surface area contributed by atoms with Crippen molar-refractivity contribution < 1.29 is 0 Å². The third-order valence-electron chi connectivity index (χ3n) is 3.95. The molecule has 3 aromatic rings. The number of unbranched alkanes of at least 4 members (excludes halogenated alkanes) is 1. The standard InChI is InChI=1S/C19H19N3/c1-2-3-12-19-21-17-10-6-7-11-18(17)22(19)14-16-9-5-4-8-15(16)13-20/h4-11H,2-3,12,14H2,1H3. The second kappa shape index (κ2) is 6.44. The van der Waals surface area contributed by atoms with E-state index >= 15 is 0 Å². The van der Waals surface area contributed by atoms with Crippen LogP contribution in [-0.2, 0) is 13.0 Å². The van der Waals surface area contributed by atoms with Crippen LogP contribution in [0.1, 0.15) is 36.7 Å². The maximum Gasteiger partial charge on any atom is 0.110 e. The second-order valence-corrected chi connectivity index (χ2v) is 5.48. The van der Waals surface area contributed by atoms with Crippen LogP contribution in [0.5, 0.6) is 0 Å². The number of hydrogen-bond acceptors (Lipinski definition) is 2. The summed E-state index contributed by atoms with van der Waals surface area (Å²) < 4.78 is 2.25. The molecule has 0 saturated heterocycles. The highest BCUT2D eigenvalue weighted by molar-refractivity contribution is 5.76. The Labute approximate surface area is 130 Å². The van der Waals surface area contributed by atoms with Gasteiger partial charge >= 0.3 is 0 Å². The summed E-state index contributed by atoms with van der Waals surface area (Å²) in [6.07, 6.45) is 3.25. The summed E-state index contributed by atoms with van der Waals surface area (Å²) in [4.78, 5) is 4.78. The van der Waals surface area contributed by atoms with E-state index in [2.05, 4.69) is 29.7 Å². The molecule has 0 unspecified atom stereocenters. The Balaban J connectivity index is 2.06. The fourth-order valence-electron chi connectivity index (χ4n) is 2.77. The summed E-state index contributed by atoms with van der Waals surface area (Å²) in [5.74, 6) is 1.11. The Morgan fingerprint density at radius 2 is 1.86 bits per heavy atom. The molecule has 110 valence electrons. The van der Waals surface area contributed by atoms with Gasteiger partial charge in [-0.2, -0.15) is 5.26 Å². The Morgan fingerprint density at radius 1 is 1.09 bits per heavy atom. The smallest absolute Gasteiger partial charge is 0.110 e. The summed E-state index contributed by atoms with van der Waals surface area (Å²) in [5, 5.41) is 9.30. The summed E-state index contributed by atoms with van der Waals surface area (Å²) in [6.45, 7) is 2.89. The lowest BCUT2D eigenvalue weighted by Gasteiger charge is -2.10. The molecule has 0 aliphatic carbocycles. The highest BCUT2D eigenvalue weighted by atomic mass is 15.1. The van der Waals surface area contributed by atoms with Crippen molar-refractivity contribution >= 4 is 11.0 Å². The van der Waals surface area contributed by atoms with Crippen molar-refractivity contribution in [2.45, 2.75) is 32.7 Å². The van der Waals surface area contributed by atoms with Gasteiger partial charge in [-0.1, -0.05) is 43.7 Å². The van der Waals surface area contributed by atoms with Crippen molar-refractivity contribution in [3.05, 3.63) is 65.5 Å². The molecule has 1 aromatic heterocycles. The Kier molecular flexibility index (Phi) is 4.20. The first-order valence-electron chi connectivity index (χ1n) is 7.75. The highest BCUT2D eigenvalue weighted by Gasteiger charge is 2.11. The number of hydrogen-bond donors (Lipinski definition) is 0. The Bertz CT molecular complexity index is 824. The van der Waals surface area contributed by atoms with Gasteiger partial charge in [-0.05, 0) is 30.2 Å². The minimum atomic E-state index is 0.698. The number of aryl methyl sites for hydroxylation is 1. The molecule has 3 nitrogen and oxygen atoms in total. The van der Waals surface area contributed by atoms with Gasteiger partial charge in [0, 0.05) is 6.42 Å². The zero-order valence-corrected chi connectivity index (χ0v) is 12.8. The average molecular weight is 289 g/mol. The van der Waals surface area contributed by atoms with Gasteiger partial charge in [-0.25, -0.2) is 4.98 Å². The number of nitrogens with zero attached hydrogens (tertiary/aromatic N) is 3. The van der Waals surface area contributed by atoms with E-state index in [1.54, 1.807) is 0 Å². The van der Waals surface area contributed by atoms with Crippen LogP contribution >= 0.6 is 0 Å². The first-order valence-corrected chi connectivity index (χ1v) is 7.75. The zero-order chi connectivity index (χ0) is 15.4. The summed E-state index contributed by atoms with van der Waals surface area (Å²) in [7, 11) is 0. The Morgan fingerprint density at radius 3 is 2.68 bits per heavy atom. The topological polar surface area (TPSA) is 41.6 Å². The molecule has 1 heterocycles. The van der Waals surface area contributed by atoms with Crippen molar-refractivity contribution in [1.82, 2.24) is 9.55 Å². The largest absolute Gasteiger partial charge is 0.323 e. The molecule has 0 amide bonds. The van der Waals surface area contributed by atoms with Gasteiger partial charge in [0.25, 0.3) is 0 Å². The third-order valence-corrected chi connectivity index (χ3v) is 3.95. The quantitative estimate of drug-likeness (QED) is 0.702. The van der Waals surface area contributed by atoms with Crippen molar-refractivity contribution in [1.29, 1.82) is 5.26 Å². The van der Waals surface area contributed by atoms with E-state index in [0.29, 0.717) is 6.54 Å². The molecule has 0 saturated carbocycles. The van der Waals surface area contributed by atoms with E-state index < -0.39 is 0 Å². The van der Waals surface area contributed by atoms with E-state index in [1.807, 2.05) is 36.4 Å². The minimum Gasteiger partial charge on any atom is -0.323 e. The molecule has 2 aromatic carbocycles. The predicted molar refractivity (Wildman–Crippen MR) is 88.6 cm³/mol. The van der Waals surface area contributed by atoms with Gasteiger partial charge in [0.1, 0.15) is 5.82 Å². The van der Waals surface area contributed by atoms with Crippen LogP contribution in [0.3, 0.4) is 0 Å². The first kappa shape index (κ1) is 14.3. The van der Waals surface area contributed by atoms with Crippen molar-refractivity contribution in [3.63, 3.8) is 0 Å². The van der Waals surface area contributed by atoms with E-state index in [1.165, 1.54) is 0 Å². The molecule has 0 spiro atoms. The normalized spacial score (nSPS) is 10.7. The number of benzene rings is 2. The molecular weight excluding hydrogens is 270 g/mol. The molecule has 0 bridgehead atoms. The predicted octanol–water partition coefficient (Wildman–Crippen LogP) is 4.30. The maximum absolute atomic E-state index is 9.30. The molecule has 0 atom stereocenters. The molecule has 3 heteroatoms. The van der Waals surface area contributed by atoms with Crippen LogP contribution in [0, 0.1) is 11.3 Å². The number of rotatable bonds is 5. The molecule has 0 aliphatic rings. The minimum absolute atomic E-state index is 0.698. The van der Waals surface area contributed by atoms with Gasteiger partial charge in [0.05, 0.1) is 29.2 Å². The number of fused-ring (bicyclic) bond motifs is 1. The maximum atomic E-state index is 9.30. The number of aromatic nitrogens is 2. The molecule has 0 radical (unpaired) electrons. The average Bonchev–Trinajstić information content (AvgIpc) is 2.91. The summed E-state index contributed by atoms with van der Waals surface area (Å²) in [6, 6.07) is 18.3. The van der Waals surface area contributed by atoms with Crippen molar-refractivity contribution in [2.24, 2.45) is 0 Å². The summed E-state index contributed by atoms with van der Waals surface area (Å²) in [5.41, 5.74) is 3.96. The van der Waals surface area contributed by atoms with Crippen molar-refractivity contribution in [3.8, 4) is 6.07 Å². The van der Waals surface area contributed by atoms with Gasteiger partial charge < -0.3 is 4.57 Å². The third kappa shape index (κ3) is 2.73. The second-order valence-electron chi connectivity index (χ2n) is 5.48. The fourth-order valence-corrected chi connectivity index (χ4v) is 2.77.